The van der Waals surface area contributed by atoms with Gasteiger partial charge < -0.3 is 9.13 Å². The van der Waals surface area contributed by atoms with Crippen molar-refractivity contribution in [3.05, 3.63) is 140 Å². The van der Waals surface area contributed by atoms with Crippen LogP contribution in [0.1, 0.15) is 0 Å². The van der Waals surface area contributed by atoms with E-state index in [4.69, 9.17) is 4.98 Å². The predicted octanol–water partition coefficient (Wildman–Crippen LogP) is 9.23. The largest absolute Gasteiger partial charge is 0.309 e. The lowest BCUT2D eigenvalue weighted by atomic mass is 10.0. The molecule has 0 bridgehead atoms. The minimum atomic E-state index is 0.945. The molecule has 0 atom stereocenters. The van der Waals surface area contributed by atoms with Crippen LogP contribution in [0.4, 0.5) is 0 Å². The molecule has 0 amide bonds. The number of pyridine rings is 2. The minimum absolute atomic E-state index is 0.945. The third kappa shape index (κ3) is 3.00. The molecule has 200 valence electrons. The lowest BCUT2D eigenvalue weighted by Crippen LogP contribution is -1.96. The second-order valence-electron chi connectivity index (χ2n) is 11.2. The fourth-order valence-electron chi connectivity index (χ4n) is 7.14. The summed E-state index contributed by atoms with van der Waals surface area (Å²) in [5.41, 5.74) is 9.08. The van der Waals surface area contributed by atoms with Crippen molar-refractivity contribution in [2.45, 2.75) is 0 Å². The van der Waals surface area contributed by atoms with E-state index in [9.17, 15) is 0 Å². The maximum absolute atomic E-state index is 4.72. The first-order valence-electron chi connectivity index (χ1n) is 14.5. The van der Waals surface area contributed by atoms with E-state index in [1.165, 1.54) is 43.5 Å². The predicted molar refractivity (Wildman–Crippen MR) is 177 cm³/mol. The van der Waals surface area contributed by atoms with E-state index in [-0.39, 0.29) is 0 Å². The van der Waals surface area contributed by atoms with Crippen molar-refractivity contribution in [2.24, 2.45) is 0 Å². The Kier molecular flexibility index (Phi) is 4.39. The molecular formula is C38H23N5. The van der Waals surface area contributed by atoms with E-state index in [0.717, 1.165) is 38.8 Å². The number of hydrogen-bond acceptors (Lipinski definition) is 2. The number of rotatable bonds is 2. The standard InChI is InChI=1S/C38H23N5/c1-3-9-24(10-4-1)42-33-14-8-7-13-26(33)28-19-29-30-20-31-32-23-39-16-15-27(32)38-40-17-18-41(38)34(31)21-35(30)43(37(29)22-36(28)42)25-11-5-2-6-12-25/h1-23H. The highest BCUT2D eigenvalue weighted by Crippen LogP contribution is 2.41. The molecular weight excluding hydrogens is 526 g/mol. The summed E-state index contributed by atoms with van der Waals surface area (Å²) < 4.78 is 7.01. The highest BCUT2D eigenvalue weighted by Gasteiger charge is 2.20. The second-order valence-corrected chi connectivity index (χ2v) is 11.2. The molecule has 5 aromatic carbocycles. The van der Waals surface area contributed by atoms with E-state index in [1.807, 2.05) is 18.6 Å². The van der Waals surface area contributed by atoms with E-state index >= 15 is 0 Å². The molecule has 0 saturated carbocycles. The molecule has 0 saturated heterocycles. The number of aromatic nitrogens is 5. The number of nitrogens with zero attached hydrogens (tertiary/aromatic N) is 5. The first-order valence-corrected chi connectivity index (χ1v) is 14.5. The number of para-hydroxylation sites is 3. The Bertz CT molecular complexity index is 2710. The Hall–Kier alpha value is -5.94. The van der Waals surface area contributed by atoms with Crippen LogP contribution in [0.5, 0.6) is 0 Å². The summed E-state index contributed by atoms with van der Waals surface area (Å²) in [5.74, 6) is 0. The number of fused-ring (bicyclic) bond motifs is 12. The quantitative estimate of drug-likeness (QED) is 0.202. The summed E-state index contributed by atoms with van der Waals surface area (Å²) in [7, 11) is 0. The molecule has 0 aliphatic heterocycles. The average Bonchev–Trinajstić information content (AvgIpc) is 3.77. The van der Waals surface area contributed by atoms with Gasteiger partial charge in [0.2, 0.25) is 0 Å². The molecule has 5 nitrogen and oxygen atoms in total. The molecule has 0 N–H and O–H groups in total. The van der Waals surface area contributed by atoms with Crippen molar-refractivity contribution in [1.82, 2.24) is 23.5 Å². The van der Waals surface area contributed by atoms with Crippen molar-refractivity contribution in [2.75, 3.05) is 0 Å². The van der Waals surface area contributed by atoms with Crippen molar-refractivity contribution in [3.8, 4) is 11.4 Å². The van der Waals surface area contributed by atoms with Crippen molar-refractivity contribution in [1.29, 1.82) is 0 Å². The van der Waals surface area contributed by atoms with E-state index in [2.05, 4.69) is 140 Å². The van der Waals surface area contributed by atoms with Gasteiger partial charge in [0.1, 0.15) is 5.65 Å². The zero-order valence-corrected chi connectivity index (χ0v) is 23.0. The molecule has 0 spiro atoms. The van der Waals surface area contributed by atoms with Gasteiger partial charge in [0.05, 0.1) is 27.6 Å². The Labute approximate surface area is 245 Å². The van der Waals surface area contributed by atoms with Crippen LogP contribution in [-0.2, 0) is 0 Å². The zero-order valence-electron chi connectivity index (χ0n) is 23.0. The van der Waals surface area contributed by atoms with Crippen molar-refractivity contribution in [3.63, 3.8) is 0 Å². The van der Waals surface area contributed by atoms with Crippen molar-refractivity contribution < 1.29 is 0 Å². The molecule has 0 aliphatic rings. The van der Waals surface area contributed by atoms with E-state index < -0.39 is 0 Å². The molecule has 0 aliphatic carbocycles. The van der Waals surface area contributed by atoms with Gasteiger partial charge in [0.25, 0.3) is 0 Å². The normalized spacial score (nSPS) is 12.2. The van der Waals surface area contributed by atoms with Crippen LogP contribution in [0.2, 0.25) is 0 Å². The van der Waals surface area contributed by atoms with Gasteiger partial charge in [-0.2, -0.15) is 0 Å². The molecule has 5 aromatic heterocycles. The number of benzene rings is 5. The molecule has 10 aromatic rings. The fraction of sp³-hybridized carbons (Fsp3) is 0. The smallest absolute Gasteiger partial charge is 0.145 e. The van der Waals surface area contributed by atoms with Crippen LogP contribution in [0.25, 0.3) is 82.3 Å². The van der Waals surface area contributed by atoms with Gasteiger partial charge in [-0.3, -0.25) is 9.38 Å². The van der Waals surface area contributed by atoms with Crippen LogP contribution in [0, 0.1) is 0 Å². The Morgan fingerprint density at radius 2 is 1.00 bits per heavy atom. The first kappa shape index (κ1) is 22.7. The third-order valence-electron chi connectivity index (χ3n) is 8.96. The van der Waals surface area contributed by atoms with E-state index in [1.54, 1.807) is 0 Å². The topological polar surface area (TPSA) is 40.1 Å². The van der Waals surface area contributed by atoms with Gasteiger partial charge in [-0.05, 0) is 60.7 Å². The maximum Gasteiger partial charge on any atom is 0.145 e. The lowest BCUT2D eigenvalue weighted by Gasteiger charge is -2.11. The van der Waals surface area contributed by atoms with Crippen molar-refractivity contribution >= 4 is 70.9 Å². The Morgan fingerprint density at radius 1 is 0.419 bits per heavy atom. The molecule has 10 rings (SSSR count). The minimum Gasteiger partial charge on any atom is -0.309 e. The summed E-state index contributed by atoms with van der Waals surface area (Å²) >= 11 is 0. The molecule has 0 unspecified atom stereocenters. The monoisotopic (exact) mass is 549 g/mol. The molecule has 43 heavy (non-hydrogen) atoms. The van der Waals surface area contributed by atoms with Gasteiger partial charge in [-0.25, -0.2) is 4.98 Å². The Morgan fingerprint density at radius 3 is 1.72 bits per heavy atom. The highest BCUT2D eigenvalue weighted by atomic mass is 15.0. The summed E-state index contributed by atoms with van der Waals surface area (Å²) in [6.45, 7) is 0. The summed E-state index contributed by atoms with van der Waals surface area (Å²) in [6, 6.07) is 41.6. The Balaban J connectivity index is 1.45. The number of imidazole rings is 1. The summed E-state index contributed by atoms with van der Waals surface area (Å²) in [4.78, 5) is 9.23. The van der Waals surface area contributed by atoms with Gasteiger partial charge >= 0.3 is 0 Å². The molecule has 5 heteroatoms. The van der Waals surface area contributed by atoms with Crippen LogP contribution in [0.15, 0.2) is 140 Å². The van der Waals surface area contributed by atoms with Crippen LogP contribution < -0.4 is 0 Å². The van der Waals surface area contributed by atoms with Crippen LogP contribution in [-0.4, -0.2) is 23.5 Å². The SMILES string of the molecule is c1ccc(-n2c3ccccc3c3cc4c5cc6c7cnccc7c7nccn7c6cc5n(-c5ccccc5)c4cc32)cc1. The van der Waals surface area contributed by atoms with Gasteiger partial charge in [-0.1, -0.05) is 54.6 Å². The zero-order chi connectivity index (χ0) is 28.1. The van der Waals surface area contributed by atoms with E-state index in [0.29, 0.717) is 0 Å². The summed E-state index contributed by atoms with van der Waals surface area (Å²) in [5, 5.41) is 8.32. The van der Waals surface area contributed by atoms with Gasteiger partial charge in [0, 0.05) is 73.9 Å². The van der Waals surface area contributed by atoms with Crippen LogP contribution >= 0.6 is 0 Å². The lowest BCUT2D eigenvalue weighted by molar-refractivity contribution is 1.16. The average molecular weight is 550 g/mol. The highest BCUT2D eigenvalue weighted by molar-refractivity contribution is 6.23. The molecule has 5 heterocycles. The van der Waals surface area contributed by atoms with Gasteiger partial charge in [0.15, 0.2) is 0 Å². The maximum atomic E-state index is 4.72. The molecule has 0 fully saturated rings. The fourth-order valence-corrected chi connectivity index (χ4v) is 7.14. The first-order chi connectivity index (χ1) is 21.3. The molecule has 0 radical (unpaired) electrons. The van der Waals surface area contributed by atoms with Crippen LogP contribution in [0.3, 0.4) is 0 Å². The summed E-state index contributed by atoms with van der Waals surface area (Å²) in [6.07, 6.45) is 7.76. The second kappa shape index (κ2) is 8.30. The van der Waals surface area contributed by atoms with Gasteiger partial charge in [-0.15, -0.1) is 0 Å². The number of hydrogen-bond donors (Lipinski definition) is 0. The third-order valence-corrected chi connectivity index (χ3v) is 8.96.